The van der Waals surface area contributed by atoms with Gasteiger partial charge < -0.3 is 30.1 Å². The second-order valence-electron chi connectivity index (χ2n) is 10.5. The zero-order chi connectivity index (χ0) is 26.2. The van der Waals surface area contributed by atoms with Crippen LogP contribution in [0.5, 0.6) is 11.5 Å². The van der Waals surface area contributed by atoms with Crippen LogP contribution in [0.4, 0.5) is 0 Å². The van der Waals surface area contributed by atoms with Gasteiger partial charge in [0, 0.05) is 32.7 Å². The van der Waals surface area contributed by atoms with Crippen molar-refractivity contribution in [1.29, 1.82) is 0 Å². The molecule has 0 bridgehead atoms. The van der Waals surface area contributed by atoms with Crippen LogP contribution in [0.3, 0.4) is 0 Å². The number of likely N-dealkylation sites (tertiary alicyclic amines) is 2. The summed E-state index contributed by atoms with van der Waals surface area (Å²) in [6, 6.07) is 12.5. The summed E-state index contributed by atoms with van der Waals surface area (Å²) in [7, 11) is 0. The molecule has 0 saturated carbocycles. The molecule has 2 fully saturated rings. The summed E-state index contributed by atoms with van der Waals surface area (Å²) in [6.45, 7) is 10.9. The quantitative estimate of drug-likeness (QED) is 0.424. The first kappa shape index (κ1) is 27.4. The fourth-order valence-corrected chi connectivity index (χ4v) is 5.57. The highest BCUT2D eigenvalue weighted by Gasteiger charge is 2.23. The molecule has 1 unspecified atom stereocenters. The molecule has 1 amide bonds. The summed E-state index contributed by atoms with van der Waals surface area (Å²) in [5, 5.41) is 9.69. The van der Waals surface area contributed by atoms with Crippen molar-refractivity contribution in [2.24, 2.45) is 11.7 Å². The van der Waals surface area contributed by atoms with Crippen molar-refractivity contribution in [2.75, 3.05) is 52.5 Å². The van der Waals surface area contributed by atoms with Crippen molar-refractivity contribution < 1.29 is 19.4 Å². The van der Waals surface area contributed by atoms with Crippen LogP contribution in [-0.4, -0.2) is 79.4 Å². The summed E-state index contributed by atoms with van der Waals surface area (Å²) >= 11 is 0. The van der Waals surface area contributed by atoms with Crippen molar-refractivity contribution >= 4 is 5.91 Å². The number of nitrogens with two attached hydrogens (primary N) is 1. The Kier molecular flexibility index (Phi) is 9.83. The molecule has 4 rings (SSSR count). The number of carbonyl (C=O) groups is 1. The molecule has 2 aromatic carbocycles. The Morgan fingerprint density at radius 2 is 1.46 bits per heavy atom. The Bertz CT molecular complexity index is 1040. The summed E-state index contributed by atoms with van der Waals surface area (Å²) in [6.07, 6.45) is 4.49. The highest BCUT2D eigenvalue weighted by molar-refractivity contribution is 5.77. The number of benzene rings is 2. The zero-order valence-corrected chi connectivity index (χ0v) is 22.5. The average molecular weight is 510 g/mol. The number of ether oxygens (including phenoxy) is 2. The SMILES string of the molecule is Cc1c(OCCCN2CCCC(C(N)=O)C2)cccc1-c1cccc(OCCCN2CC[C@@H](O)C2)c1C. The number of nitrogens with zero attached hydrogens (tertiary/aromatic N) is 2. The summed E-state index contributed by atoms with van der Waals surface area (Å²) in [4.78, 5) is 16.2. The minimum absolute atomic E-state index is 0.0179. The third-order valence-corrected chi connectivity index (χ3v) is 7.77. The first-order chi connectivity index (χ1) is 17.9. The van der Waals surface area contributed by atoms with E-state index in [0.29, 0.717) is 13.2 Å². The number of hydrogen-bond donors (Lipinski definition) is 2. The van der Waals surface area contributed by atoms with E-state index in [2.05, 4.69) is 47.9 Å². The van der Waals surface area contributed by atoms with E-state index < -0.39 is 0 Å². The third kappa shape index (κ3) is 7.46. The van der Waals surface area contributed by atoms with Crippen molar-refractivity contribution in [3.05, 3.63) is 47.5 Å². The third-order valence-electron chi connectivity index (χ3n) is 7.77. The molecule has 2 atom stereocenters. The molecule has 0 spiro atoms. The molecule has 3 N–H and O–H groups in total. The van der Waals surface area contributed by atoms with Gasteiger partial charge in [-0.3, -0.25) is 4.79 Å². The van der Waals surface area contributed by atoms with E-state index in [1.807, 2.05) is 12.1 Å². The molecular formula is C30H43N3O4. The van der Waals surface area contributed by atoms with Crippen LogP contribution in [0, 0.1) is 19.8 Å². The first-order valence-corrected chi connectivity index (χ1v) is 13.8. The molecule has 2 aromatic rings. The van der Waals surface area contributed by atoms with Crippen molar-refractivity contribution in [3.63, 3.8) is 0 Å². The van der Waals surface area contributed by atoms with Crippen LogP contribution >= 0.6 is 0 Å². The Labute approximate surface area is 221 Å². The number of amides is 1. The second kappa shape index (κ2) is 13.3. The minimum atomic E-state index is -0.180. The topological polar surface area (TPSA) is 88.3 Å². The Morgan fingerprint density at radius 1 is 0.892 bits per heavy atom. The van der Waals surface area contributed by atoms with Gasteiger partial charge in [-0.15, -0.1) is 0 Å². The van der Waals surface area contributed by atoms with Crippen LogP contribution in [0.1, 0.15) is 43.2 Å². The lowest BCUT2D eigenvalue weighted by Gasteiger charge is -2.31. The van der Waals surface area contributed by atoms with Gasteiger partial charge in [-0.1, -0.05) is 24.3 Å². The van der Waals surface area contributed by atoms with Crippen molar-refractivity contribution in [3.8, 4) is 22.6 Å². The second-order valence-corrected chi connectivity index (χ2v) is 10.5. The zero-order valence-electron chi connectivity index (χ0n) is 22.5. The molecule has 202 valence electrons. The number of primary amides is 1. The van der Waals surface area contributed by atoms with Gasteiger partial charge in [0.15, 0.2) is 0 Å². The normalized spacial score (nSPS) is 20.7. The fraction of sp³-hybridized carbons (Fsp3) is 0.567. The number of aliphatic hydroxyl groups excluding tert-OH is 1. The molecule has 37 heavy (non-hydrogen) atoms. The monoisotopic (exact) mass is 509 g/mol. The van der Waals surface area contributed by atoms with E-state index in [1.54, 1.807) is 0 Å². The predicted molar refractivity (Wildman–Crippen MR) is 147 cm³/mol. The van der Waals surface area contributed by atoms with Crippen LogP contribution in [0.15, 0.2) is 36.4 Å². The maximum atomic E-state index is 11.5. The van der Waals surface area contributed by atoms with E-state index in [-0.39, 0.29) is 17.9 Å². The maximum Gasteiger partial charge on any atom is 0.221 e. The smallest absolute Gasteiger partial charge is 0.221 e. The highest BCUT2D eigenvalue weighted by atomic mass is 16.5. The lowest BCUT2D eigenvalue weighted by atomic mass is 9.95. The van der Waals surface area contributed by atoms with Gasteiger partial charge in [0.2, 0.25) is 5.91 Å². The number of aliphatic hydroxyl groups is 1. The molecule has 7 heteroatoms. The molecule has 7 nitrogen and oxygen atoms in total. The minimum Gasteiger partial charge on any atom is -0.493 e. The van der Waals surface area contributed by atoms with Crippen LogP contribution < -0.4 is 15.2 Å². The van der Waals surface area contributed by atoms with Crippen LogP contribution in [-0.2, 0) is 4.79 Å². The van der Waals surface area contributed by atoms with E-state index in [4.69, 9.17) is 15.2 Å². The Hall–Kier alpha value is -2.61. The highest BCUT2D eigenvalue weighted by Crippen LogP contribution is 2.35. The standard InChI is InChI=1S/C30H43N3O4/c1-22-26(9-3-11-28(22)36-18-6-15-32-14-5-8-24(20-32)30(31)35)27-10-4-12-29(23(27)2)37-19-7-16-33-17-13-25(34)21-33/h3-4,9-12,24-25,34H,5-8,13-21H2,1-2H3,(H2,31,35)/t24?,25-/m1/s1. The maximum absolute atomic E-state index is 11.5. The van der Waals surface area contributed by atoms with Crippen molar-refractivity contribution in [1.82, 2.24) is 9.80 Å². The summed E-state index contributed by atoms with van der Waals surface area (Å²) in [5.74, 6) is 1.63. The predicted octanol–water partition coefficient (Wildman–Crippen LogP) is 3.77. The molecule has 2 aliphatic rings. The number of piperidine rings is 1. The van der Waals surface area contributed by atoms with E-state index in [1.165, 1.54) is 0 Å². The Morgan fingerprint density at radius 3 is 1.97 bits per heavy atom. The van der Waals surface area contributed by atoms with E-state index in [0.717, 1.165) is 105 Å². The van der Waals surface area contributed by atoms with Gasteiger partial charge in [-0.2, -0.15) is 0 Å². The van der Waals surface area contributed by atoms with Gasteiger partial charge in [0.05, 0.1) is 25.2 Å². The molecular weight excluding hydrogens is 466 g/mol. The molecule has 0 radical (unpaired) electrons. The van der Waals surface area contributed by atoms with Crippen molar-refractivity contribution in [2.45, 2.75) is 52.1 Å². The van der Waals surface area contributed by atoms with E-state index in [9.17, 15) is 9.90 Å². The van der Waals surface area contributed by atoms with Gasteiger partial charge in [-0.05, 0) is 86.9 Å². The Balaban J connectivity index is 1.30. The largest absolute Gasteiger partial charge is 0.493 e. The summed E-state index contributed by atoms with van der Waals surface area (Å²) < 4.78 is 12.4. The lowest BCUT2D eigenvalue weighted by Crippen LogP contribution is -2.41. The van der Waals surface area contributed by atoms with E-state index >= 15 is 0 Å². The molecule has 0 aromatic heterocycles. The van der Waals surface area contributed by atoms with Gasteiger partial charge in [0.25, 0.3) is 0 Å². The average Bonchev–Trinajstić information content (AvgIpc) is 3.31. The molecule has 0 aliphatic carbocycles. The first-order valence-electron chi connectivity index (χ1n) is 13.8. The number of hydrogen-bond acceptors (Lipinski definition) is 6. The van der Waals surface area contributed by atoms with Crippen LogP contribution in [0.2, 0.25) is 0 Å². The molecule has 2 saturated heterocycles. The number of carbonyl (C=O) groups excluding carboxylic acids is 1. The van der Waals surface area contributed by atoms with Gasteiger partial charge in [0.1, 0.15) is 11.5 Å². The summed E-state index contributed by atoms with van der Waals surface area (Å²) in [5.41, 5.74) is 10.1. The molecule has 2 aliphatic heterocycles. The fourth-order valence-electron chi connectivity index (χ4n) is 5.57. The van der Waals surface area contributed by atoms with Gasteiger partial charge in [-0.25, -0.2) is 0 Å². The molecule has 2 heterocycles. The van der Waals surface area contributed by atoms with Gasteiger partial charge >= 0.3 is 0 Å². The van der Waals surface area contributed by atoms with Crippen LogP contribution in [0.25, 0.3) is 11.1 Å². The number of rotatable bonds is 12. The lowest BCUT2D eigenvalue weighted by molar-refractivity contribution is -0.123. The number of β-amino-alcohol motifs (C(OH)–C–C–N with tert-alkyl or cyclic N) is 1.